The molecule has 0 aliphatic heterocycles. The molecule has 0 radical (unpaired) electrons. The number of carbonyl (C=O) groups excluding carboxylic acids is 1. The Balaban J connectivity index is 1.52. The van der Waals surface area contributed by atoms with Crippen molar-refractivity contribution in [1.82, 2.24) is 5.32 Å². The number of methoxy groups -OCH3 is 1. The molecular formula is C17H23NO3. The van der Waals surface area contributed by atoms with Gasteiger partial charge in [-0.2, -0.15) is 0 Å². The van der Waals surface area contributed by atoms with E-state index in [1.807, 2.05) is 24.3 Å². The van der Waals surface area contributed by atoms with E-state index in [0.717, 1.165) is 18.1 Å². The molecule has 4 atom stereocenters. The van der Waals surface area contributed by atoms with Gasteiger partial charge in [-0.05, 0) is 62.3 Å². The lowest BCUT2D eigenvalue weighted by molar-refractivity contribution is -0.128. The van der Waals surface area contributed by atoms with Crippen molar-refractivity contribution in [2.75, 3.05) is 7.11 Å². The van der Waals surface area contributed by atoms with Crippen LogP contribution < -0.4 is 14.8 Å². The van der Waals surface area contributed by atoms with E-state index in [1.165, 1.54) is 19.3 Å². The predicted octanol–water partition coefficient (Wildman–Crippen LogP) is 2.77. The summed E-state index contributed by atoms with van der Waals surface area (Å²) in [6, 6.07) is 7.66. The average Bonchev–Trinajstić information content (AvgIpc) is 3.10. The summed E-state index contributed by atoms with van der Waals surface area (Å²) < 4.78 is 10.8. The zero-order chi connectivity index (χ0) is 14.8. The summed E-state index contributed by atoms with van der Waals surface area (Å²) in [5, 5.41) is 3.16. The monoisotopic (exact) mass is 289 g/mol. The normalized spacial score (nSPS) is 28.2. The number of nitrogens with one attached hydrogen (secondary N) is 1. The number of benzene rings is 1. The Morgan fingerprint density at radius 1 is 1.19 bits per heavy atom. The van der Waals surface area contributed by atoms with Crippen molar-refractivity contribution in [2.45, 2.75) is 44.8 Å². The average molecular weight is 289 g/mol. The fraction of sp³-hybridized carbons (Fsp3) is 0.588. The highest BCUT2D eigenvalue weighted by atomic mass is 16.5. The van der Waals surface area contributed by atoms with Gasteiger partial charge in [0.1, 0.15) is 11.5 Å². The third-order valence-electron chi connectivity index (χ3n) is 4.81. The van der Waals surface area contributed by atoms with Crippen molar-refractivity contribution in [2.24, 2.45) is 11.8 Å². The second-order valence-corrected chi connectivity index (χ2v) is 6.23. The molecule has 4 nitrogen and oxygen atoms in total. The molecule has 0 saturated heterocycles. The van der Waals surface area contributed by atoms with Crippen molar-refractivity contribution < 1.29 is 14.3 Å². The minimum absolute atomic E-state index is 0.0108. The maximum absolute atomic E-state index is 12.2. The zero-order valence-electron chi connectivity index (χ0n) is 12.7. The molecule has 3 rings (SSSR count). The molecule has 21 heavy (non-hydrogen) atoms. The van der Waals surface area contributed by atoms with Crippen LogP contribution in [0.1, 0.15) is 32.6 Å². The third-order valence-corrected chi connectivity index (χ3v) is 4.81. The molecule has 1 aromatic rings. The Labute approximate surface area is 125 Å². The number of fused-ring (bicyclic) bond motifs is 2. The van der Waals surface area contributed by atoms with Crippen molar-refractivity contribution in [3.8, 4) is 11.5 Å². The number of rotatable bonds is 5. The lowest BCUT2D eigenvalue weighted by atomic mass is 9.95. The van der Waals surface area contributed by atoms with E-state index in [9.17, 15) is 4.79 Å². The van der Waals surface area contributed by atoms with E-state index in [-0.39, 0.29) is 5.91 Å². The van der Waals surface area contributed by atoms with Crippen molar-refractivity contribution in [3.05, 3.63) is 24.3 Å². The van der Waals surface area contributed by atoms with Gasteiger partial charge in [-0.3, -0.25) is 4.79 Å². The van der Waals surface area contributed by atoms with Gasteiger partial charge in [-0.1, -0.05) is 6.42 Å². The predicted molar refractivity (Wildman–Crippen MR) is 80.5 cm³/mol. The van der Waals surface area contributed by atoms with Gasteiger partial charge in [0.25, 0.3) is 5.91 Å². The quantitative estimate of drug-likeness (QED) is 0.906. The van der Waals surface area contributed by atoms with E-state index in [0.29, 0.717) is 17.7 Å². The van der Waals surface area contributed by atoms with Crippen molar-refractivity contribution >= 4 is 5.91 Å². The number of hydrogen-bond acceptors (Lipinski definition) is 3. The van der Waals surface area contributed by atoms with Crippen LogP contribution in [-0.4, -0.2) is 25.2 Å². The van der Waals surface area contributed by atoms with Crippen molar-refractivity contribution in [3.63, 3.8) is 0 Å². The van der Waals surface area contributed by atoms with Gasteiger partial charge in [0.2, 0.25) is 0 Å². The van der Waals surface area contributed by atoms with Crippen LogP contribution in [0.5, 0.6) is 11.5 Å². The van der Waals surface area contributed by atoms with Gasteiger partial charge in [-0.25, -0.2) is 0 Å². The lowest BCUT2D eigenvalue weighted by Gasteiger charge is -2.24. The largest absolute Gasteiger partial charge is 0.497 e. The molecule has 2 saturated carbocycles. The minimum atomic E-state index is -0.475. The highest BCUT2D eigenvalue weighted by Crippen LogP contribution is 2.44. The molecule has 0 aromatic heterocycles. The number of carbonyl (C=O) groups is 1. The number of hydrogen-bond donors (Lipinski definition) is 1. The summed E-state index contributed by atoms with van der Waals surface area (Å²) in [6.07, 6.45) is 4.57. The lowest BCUT2D eigenvalue weighted by Crippen LogP contribution is -2.44. The molecule has 0 heterocycles. The van der Waals surface area contributed by atoms with Gasteiger partial charge in [-0.15, -0.1) is 0 Å². The van der Waals surface area contributed by atoms with Crippen molar-refractivity contribution in [1.29, 1.82) is 0 Å². The molecule has 2 bridgehead atoms. The second kappa shape index (κ2) is 5.96. The fourth-order valence-electron chi connectivity index (χ4n) is 3.63. The van der Waals surface area contributed by atoms with Crippen LogP contribution in [0.4, 0.5) is 0 Å². The fourth-order valence-corrected chi connectivity index (χ4v) is 3.63. The molecule has 1 N–H and O–H groups in total. The summed E-state index contributed by atoms with van der Waals surface area (Å²) in [4.78, 5) is 12.2. The molecule has 2 fully saturated rings. The first-order valence-corrected chi connectivity index (χ1v) is 7.77. The second-order valence-electron chi connectivity index (χ2n) is 6.23. The highest BCUT2D eigenvalue weighted by molar-refractivity contribution is 5.81. The number of amides is 1. The van der Waals surface area contributed by atoms with Gasteiger partial charge < -0.3 is 14.8 Å². The van der Waals surface area contributed by atoms with Crippen LogP contribution in [0, 0.1) is 11.8 Å². The van der Waals surface area contributed by atoms with E-state index in [4.69, 9.17) is 9.47 Å². The maximum atomic E-state index is 12.2. The Kier molecular flexibility index (Phi) is 4.04. The topological polar surface area (TPSA) is 47.6 Å². The van der Waals surface area contributed by atoms with Crippen LogP contribution in [0.15, 0.2) is 24.3 Å². The molecule has 2 aliphatic carbocycles. The summed E-state index contributed by atoms with van der Waals surface area (Å²) in [7, 11) is 1.63. The number of ether oxygens (including phenoxy) is 2. The first kappa shape index (κ1) is 14.2. The van der Waals surface area contributed by atoms with Crippen LogP contribution in [0.3, 0.4) is 0 Å². The molecular weight excluding hydrogens is 266 g/mol. The maximum Gasteiger partial charge on any atom is 0.261 e. The molecule has 4 heteroatoms. The summed E-state index contributed by atoms with van der Waals surface area (Å²) in [5.41, 5.74) is 0. The van der Waals surface area contributed by atoms with E-state index in [2.05, 4.69) is 5.32 Å². The minimum Gasteiger partial charge on any atom is -0.497 e. The highest BCUT2D eigenvalue weighted by Gasteiger charge is 2.40. The van der Waals surface area contributed by atoms with Gasteiger partial charge in [0, 0.05) is 6.04 Å². The van der Waals surface area contributed by atoms with Gasteiger partial charge in [0.05, 0.1) is 7.11 Å². The molecule has 114 valence electrons. The Hall–Kier alpha value is -1.71. The summed E-state index contributed by atoms with van der Waals surface area (Å²) in [6.45, 7) is 1.80. The molecule has 0 spiro atoms. The standard InChI is InChI=1S/C17H23NO3/c1-11(21-15-7-5-14(20-2)6-8-15)17(19)18-16-10-12-3-4-13(16)9-12/h5-8,11-13,16H,3-4,9-10H2,1-2H3,(H,18,19)/t11-,12-,13-,16+/m0/s1. The molecule has 2 aliphatic rings. The molecule has 1 aromatic carbocycles. The van der Waals surface area contributed by atoms with E-state index in [1.54, 1.807) is 14.0 Å². The molecule has 1 amide bonds. The summed E-state index contributed by atoms with van der Waals surface area (Å²) in [5.74, 6) is 2.97. The first-order chi connectivity index (χ1) is 10.2. The molecule has 0 unspecified atom stereocenters. The van der Waals surface area contributed by atoms with E-state index >= 15 is 0 Å². The SMILES string of the molecule is COc1ccc(O[C@@H](C)C(=O)N[C@@H]2C[C@H]3CC[C@H]2C3)cc1. The Bertz CT molecular complexity index is 499. The van der Waals surface area contributed by atoms with Gasteiger partial charge in [0.15, 0.2) is 6.10 Å². The third kappa shape index (κ3) is 3.14. The zero-order valence-corrected chi connectivity index (χ0v) is 12.7. The van der Waals surface area contributed by atoms with Crippen LogP contribution >= 0.6 is 0 Å². The Morgan fingerprint density at radius 2 is 1.90 bits per heavy atom. The van der Waals surface area contributed by atoms with Crippen LogP contribution in [0.2, 0.25) is 0 Å². The summed E-state index contributed by atoms with van der Waals surface area (Å²) >= 11 is 0. The van der Waals surface area contributed by atoms with E-state index < -0.39 is 6.10 Å². The van der Waals surface area contributed by atoms with Crippen LogP contribution in [-0.2, 0) is 4.79 Å². The van der Waals surface area contributed by atoms with Crippen LogP contribution in [0.25, 0.3) is 0 Å². The Morgan fingerprint density at radius 3 is 2.48 bits per heavy atom. The van der Waals surface area contributed by atoms with Gasteiger partial charge >= 0.3 is 0 Å². The first-order valence-electron chi connectivity index (χ1n) is 7.77. The smallest absolute Gasteiger partial charge is 0.261 e.